The molecule has 8 heteroatoms. The number of methoxy groups -OCH3 is 1. The Bertz CT molecular complexity index is 704. The zero-order valence-corrected chi connectivity index (χ0v) is 15.8. The highest BCUT2D eigenvalue weighted by atomic mass is 32.2. The van der Waals surface area contributed by atoms with Gasteiger partial charge in [-0.15, -0.1) is 11.8 Å². The number of carbonyl (C=O) groups is 2. The summed E-state index contributed by atoms with van der Waals surface area (Å²) in [6.07, 6.45) is 0.665. The van der Waals surface area contributed by atoms with E-state index in [1.807, 2.05) is 0 Å². The van der Waals surface area contributed by atoms with Gasteiger partial charge in [0.2, 0.25) is 0 Å². The number of amides is 1. The average molecular weight is 401 g/mol. The van der Waals surface area contributed by atoms with E-state index in [2.05, 4.69) is 0 Å². The van der Waals surface area contributed by atoms with Crippen LogP contribution in [0.4, 0.5) is 13.2 Å². The van der Waals surface area contributed by atoms with Gasteiger partial charge >= 0.3 is 12.1 Å². The maximum absolute atomic E-state index is 13.1. The normalized spacial score (nSPS) is 24.1. The van der Waals surface area contributed by atoms with Crippen LogP contribution in [0.5, 0.6) is 0 Å². The SMILES string of the molecule is COC(=O)C1CSC(C2CCCCC2)N1C(=O)c1cccc(C(F)(F)F)c1. The lowest BCUT2D eigenvalue weighted by Crippen LogP contribution is -2.48. The third-order valence-electron chi connectivity index (χ3n) is 5.23. The minimum Gasteiger partial charge on any atom is -0.467 e. The Morgan fingerprint density at radius 3 is 2.52 bits per heavy atom. The number of hydrogen-bond donors (Lipinski definition) is 0. The molecule has 2 atom stereocenters. The van der Waals surface area contributed by atoms with Crippen molar-refractivity contribution in [2.75, 3.05) is 12.9 Å². The van der Waals surface area contributed by atoms with Crippen molar-refractivity contribution in [1.29, 1.82) is 0 Å². The van der Waals surface area contributed by atoms with Crippen LogP contribution in [0.25, 0.3) is 0 Å². The molecule has 1 saturated carbocycles. The predicted octanol–water partition coefficient (Wildman–Crippen LogP) is 4.34. The highest BCUT2D eigenvalue weighted by Gasteiger charge is 2.46. The molecule has 1 heterocycles. The maximum Gasteiger partial charge on any atom is 0.416 e. The van der Waals surface area contributed by atoms with E-state index in [4.69, 9.17) is 4.74 Å². The van der Waals surface area contributed by atoms with Gasteiger partial charge in [0, 0.05) is 11.3 Å². The lowest BCUT2D eigenvalue weighted by molar-refractivity contribution is -0.145. The van der Waals surface area contributed by atoms with Crippen LogP contribution in [0, 0.1) is 5.92 Å². The van der Waals surface area contributed by atoms with Gasteiger partial charge in [-0.1, -0.05) is 25.3 Å². The molecule has 1 aliphatic heterocycles. The van der Waals surface area contributed by atoms with Crippen molar-refractivity contribution in [2.24, 2.45) is 5.92 Å². The number of alkyl halides is 3. The fourth-order valence-electron chi connectivity index (χ4n) is 3.86. The molecule has 0 bridgehead atoms. The number of esters is 1. The van der Waals surface area contributed by atoms with Crippen molar-refractivity contribution in [1.82, 2.24) is 4.90 Å². The Labute approximate surface area is 160 Å². The first kappa shape index (κ1) is 20.0. The van der Waals surface area contributed by atoms with Gasteiger partial charge in [-0.05, 0) is 37.0 Å². The fourth-order valence-corrected chi connectivity index (χ4v) is 5.49. The van der Waals surface area contributed by atoms with Crippen molar-refractivity contribution < 1.29 is 27.5 Å². The summed E-state index contributed by atoms with van der Waals surface area (Å²) in [5.41, 5.74) is -0.925. The van der Waals surface area contributed by atoms with E-state index < -0.39 is 29.7 Å². The van der Waals surface area contributed by atoms with E-state index in [1.165, 1.54) is 35.9 Å². The van der Waals surface area contributed by atoms with Crippen molar-refractivity contribution in [2.45, 2.75) is 49.7 Å². The standard InChI is InChI=1S/C19H22F3NO3S/c1-26-18(25)15-11-27-17(12-6-3-2-4-7-12)23(15)16(24)13-8-5-9-14(10-13)19(20,21)22/h5,8-10,12,15,17H,2-4,6-7,11H2,1H3. The Morgan fingerprint density at radius 1 is 1.19 bits per heavy atom. The molecule has 1 aromatic carbocycles. The highest BCUT2D eigenvalue weighted by Crippen LogP contribution is 2.41. The molecule has 27 heavy (non-hydrogen) atoms. The van der Waals surface area contributed by atoms with E-state index in [0.717, 1.165) is 44.2 Å². The molecular weight excluding hydrogens is 379 g/mol. The van der Waals surface area contributed by atoms with Crippen LogP contribution in [0.2, 0.25) is 0 Å². The summed E-state index contributed by atoms with van der Waals surface area (Å²) >= 11 is 1.52. The van der Waals surface area contributed by atoms with E-state index in [1.54, 1.807) is 0 Å². The summed E-state index contributed by atoms with van der Waals surface area (Å²) < 4.78 is 43.9. The number of thioether (sulfide) groups is 1. The first-order valence-corrected chi connectivity index (χ1v) is 10.1. The third-order valence-corrected chi connectivity index (χ3v) is 6.69. The van der Waals surface area contributed by atoms with Crippen LogP contribution in [0.15, 0.2) is 24.3 Å². The van der Waals surface area contributed by atoms with Crippen LogP contribution in [0.3, 0.4) is 0 Å². The Balaban J connectivity index is 1.92. The fraction of sp³-hybridized carbons (Fsp3) is 0.579. The second-order valence-corrected chi connectivity index (χ2v) is 8.10. The number of nitrogens with zero attached hydrogens (tertiary/aromatic N) is 1. The van der Waals surface area contributed by atoms with Gasteiger partial charge in [-0.3, -0.25) is 4.79 Å². The first-order valence-electron chi connectivity index (χ1n) is 9.02. The van der Waals surface area contributed by atoms with Crippen LogP contribution < -0.4 is 0 Å². The molecule has 1 amide bonds. The first-order chi connectivity index (χ1) is 12.8. The largest absolute Gasteiger partial charge is 0.467 e. The molecule has 0 radical (unpaired) electrons. The third kappa shape index (κ3) is 4.25. The summed E-state index contributed by atoms with van der Waals surface area (Å²) in [6, 6.07) is 3.62. The molecule has 0 N–H and O–H groups in total. The average Bonchev–Trinajstić information content (AvgIpc) is 3.12. The molecule has 0 spiro atoms. The number of halogens is 3. The van der Waals surface area contributed by atoms with Gasteiger partial charge in [0.1, 0.15) is 6.04 Å². The smallest absolute Gasteiger partial charge is 0.416 e. The van der Waals surface area contributed by atoms with Crippen molar-refractivity contribution >= 4 is 23.6 Å². The molecule has 2 aliphatic rings. The van der Waals surface area contributed by atoms with E-state index in [0.29, 0.717) is 5.75 Å². The van der Waals surface area contributed by atoms with Crippen LogP contribution in [-0.2, 0) is 15.7 Å². The van der Waals surface area contributed by atoms with Gasteiger partial charge in [0.05, 0.1) is 18.0 Å². The van der Waals surface area contributed by atoms with Gasteiger partial charge in [-0.25, -0.2) is 4.79 Å². The lowest BCUT2D eigenvalue weighted by Gasteiger charge is -2.35. The summed E-state index contributed by atoms with van der Waals surface area (Å²) in [5.74, 6) is -0.426. The number of rotatable bonds is 3. The minimum absolute atomic E-state index is 0.0537. The number of hydrogen-bond acceptors (Lipinski definition) is 4. The van der Waals surface area contributed by atoms with Gasteiger partial charge in [0.25, 0.3) is 5.91 Å². The molecule has 1 saturated heterocycles. The zero-order valence-electron chi connectivity index (χ0n) is 15.0. The molecule has 4 nitrogen and oxygen atoms in total. The van der Waals surface area contributed by atoms with Gasteiger partial charge in [0.15, 0.2) is 0 Å². The van der Waals surface area contributed by atoms with Gasteiger partial charge in [-0.2, -0.15) is 13.2 Å². The Kier molecular flexibility index (Phi) is 6.03. The van der Waals surface area contributed by atoms with E-state index in [-0.39, 0.29) is 16.9 Å². The predicted molar refractivity (Wildman–Crippen MR) is 96.2 cm³/mol. The maximum atomic E-state index is 13.1. The molecule has 1 aliphatic carbocycles. The van der Waals surface area contributed by atoms with Crippen molar-refractivity contribution in [3.8, 4) is 0 Å². The number of carbonyl (C=O) groups excluding carboxylic acids is 2. The Morgan fingerprint density at radius 2 is 1.89 bits per heavy atom. The molecule has 2 fully saturated rings. The topological polar surface area (TPSA) is 46.6 Å². The number of ether oxygens (including phenoxy) is 1. The molecule has 2 unspecified atom stereocenters. The van der Waals surface area contributed by atoms with Gasteiger partial charge < -0.3 is 9.64 Å². The lowest BCUT2D eigenvalue weighted by atomic mass is 9.88. The van der Waals surface area contributed by atoms with Crippen LogP contribution in [0.1, 0.15) is 48.0 Å². The monoisotopic (exact) mass is 401 g/mol. The zero-order chi connectivity index (χ0) is 19.6. The molecule has 148 valence electrons. The summed E-state index contributed by atoms with van der Waals surface area (Å²) in [5, 5.41) is -0.212. The molecule has 3 rings (SSSR count). The second-order valence-electron chi connectivity index (χ2n) is 6.95. The Hall–Kier alpha value is -1.70. The summed E-state index contributed by atoms with van der Waals surface area (Å²) in [6.45, 7) is 0. The number of benzene rings is 1. The van der Waals surface area contributed by atoms with Crippen molar-refractivity contribution in [3.63, 3.8) is 0 Å². The second kappa shape index (κ2) is 8.12. The quantitative estimate of drug-likeness (QED) is 0.707. The minimum atomic E-state index is -4.53. The van der Waals surface area contributed by atoms with E-state index in [9.17, 15) is 22.8 Å². The molecule has 0 aromatic heterocycles. The van der Waals surface area contributed by atoms with Crippen molar-refractivity contribution in [3.05, 3.63) is 35.4 Å². The highest BCUT2D eigenvalue weighted by molar-refractivity contribution is 8.00. The molecular formula is C19H22F3NO3S. The molecule has 1 aromatic rings. The van der Waals surface area contributed by atoms with Crippen LogP contribution >= 0.6 is 11.8 Å². The van der Waals surface area contributed by atoms with Crippen LogP contribution in [-0.4, -0.2) is 41.1 Å². The van der Waals surface area contributed by atoms with E-state index >= 15 is 0 Å². The summed E-state index contributed by atoms with van der Waals surface area (Å²) in [4.78, 5) is 26.8. The summed E-state index contributed by atoms with van der Waals surface area (Å²) in [7, 11) is 1.26.